The van der Waals surface area contributed by atoms with Crippen LogP contribution >= 0.6 is 0 Å². The molecule has 11 heteroatoms. The van der Waals surface area contributed by atoms with Crippen molar-refractivity contribution < 1.29 is 22.7 Å². The topological polar surface area (TPSA) is 86.0 Å². The van der Waals surface area contributed by atoms with Crippen molar-refractivity contribution in [3.05, 3.63) is 60.3 Å². The standard InChI is InChI=1S/C20H19F3N6O2/c1-19(14-5-2-3-6-15(14)29-26-8-9-27-29)17(7-4-10-28(19)13-30)31-18-12-24-16(11-25-18)20(21,22)23/h2-3,5-6,8-9,11-13,17H,4,7,10H2,1H3/t17-,19+/m1/s1. The van der Waals surface area contributed by atoms with Crippen molar-refractivity contribution in [3.63, 3.8) is 0 Å². The van der Waals surface area contributed by atoms with E-state index in [1.165, 1.54) is 4.80 Å². The fraction of sp³-hybridized carbons (Fsp3) is 0.350. The molecule has 8 nitrogen and oxygen atoms in total. The second-order valence-electron chi connectivity index (χ2n) is 7.27. The van der Waals surface area contributed by atoms with Crippen LogP contribution in [0.25, 0.3) is 5.69 Å². The molecule has 1 saturated heterocycles. The molecule has 1 aromatic carbocycles. The molecule has 0 radical (unpaired) electrons. The Morgan fingerprint density at radius 2 is 1.90 bits per heavy atom. The zero-order chi connectivity index (χ0) is 22.1. The number of aromatic nitrogens is 5. The maximum Gasteiger partial charge on any atom is 0.434 e. The third kappa shape index (κ3) is 3.82. The smallest absolute Gasteiger partial charge is 0.434 e. The molecular formula is C20H19F3N6O2. The Hall–Kier alpha value is -3.50. The number of benzene rings is 1. The lowest BCUT2D eigenvalue weighted by Crippen LogP contribution is -2.57. The summed E-state index contributed by atoms with van der Waals surface area (Å²) < 4.78 is 44.4. The minimum Gasteiger partial charge on any atom is -0.470 e. The van der Waals surface area contributed by atoms with E-state index in [0.717, 1.165) is 18.2 Å². The van der Waals surface area contributed by atoms with Crippen LogP contribution in [0.3, 0.4) is 0 Å². The number of carbonyl (C=O) groups excluding carboxylic acids is 1. The number of amides is 1. The van der Waals surface area contributed by atoms with Crippen molar-refractivity contribution in [1.82, 2.24) is 29.9 Å². The van der Waals surface area contributed by atoms with Crippen molar-refractivity contribution in [3.8, 4) is 11.6 Å². The van der Waals surface area contributed by atoms with Gasteiger partial charge in [0.2, 0.25) is 12.3 Å². The van der Waals surface area contributed by atoms with E-state index < -0.39 is 23.5 Å². The fourth-order valence-corrected chi connectivity index (χ4v) is 3.89. The third-order valence-corrected chi connectivity index (χ3v) is 5.48. The molecule has 1 aliphatic rings. The van der Waals surface area contributed by atoms with Gasteiger partial charge in [-0.3, -0.25) is 4.79 Å². The van der Waals surface area contributed by atoms with Crippen LogP contribution in [0.2, 0.25) is 0 Å². The van der Waals surface area contributed by atoms with Crippen LogP contribution in [-0.2, 0) is 16.5 Å². The minimum atomic E-state index is -4.59. The van der Waals surface area contributed by atoms with Gasteiger partial charge in [-0.15, -0.1) is 0 Å². The lowest BCUT2D eigenvalue weighted by molar-refractivity contribution is -0.141. The number of carbonyl (C=O) groups is 1. The second kappa shape index (κ2) is 7.97. The summed E-state index contributed by atoms with van der Waals surface area (Å²) in [5.74, 6) is -0.0494. The average molecular weight is 432 g/mol. The van der Waals surface area contributed by atoms with E-state index in [1.54, 1.807) is 17.3 Å². The molecular weight excluding hydrogens is 413 g/mol. The first kappa shape index (κ1) is 20.8. The first-order chi connectivity index (χ1) is 14.8. The molecule has 0 aliphatic carbocycles. The summed E-state index contributed by atoms with van der Waals surface area (Å²) in [7, 11) is 0. The SMILES string of the molecule is C[C@]1(c2ccccc2-n2nccn2)[C@H](Oc2cnc(C(F)(F)F)cn2)CCCN1C=O. The van der Waals surface area contributed by atoms with Crippen LogP contribution in [0.15, 0.2) is 49.1 Å². The summed E-state index contributed by atoms with van der Waals surface area (Å²) in [5.41, 5.74) is -0.649. The van der Waals surface area contributed by atoms with E-state index in [9.17, 15) is 18.0 Å². The second-order valence-corrected chi connectivity index (χ2v) is 7.27. The van der Waals surface area contributed by atoms with Crippen LogP contribution in [0.1, 0.15) is 31.0 Å². The summed E-state index contributed by atoms with van der Waals surface area (Å²) in [6, 6.07) is 7.35. The molecule has 1 aliphatic heterocycles. The highest BCUT2D eigenvalue weighted by Crippen LogP contribution is 2.41. The number of ether oxygens (including phenoxy) is 1. The molecule has 2 atom stereocenters. The molecule has 31 heavy (non-hydrogen) atoms. The number of hydrogen-bond acceptors (Lipinski definition) is 6. The Labute approximate surface area is 175 Å². The number of hydrogen-bond donors (Lipinski definition) is 0. The van der Waals surface area contributed by atoms with Crippen LogP contribution < -0.4 is 4.74 Å². The highest BCUT2D eigenvalue weighted by Gasteiger charge is 2.47. The molecule has 1 fully saturated rings. The van der Waals surface area contributed by atoms with Gasteiger partial charge in [-0.25, -0.2) is 9.97 Å². The largest absolute Gasteiger partial charge is 0.470 e. The van der Waals surface area contributed by atoms with E-state index in [4.69, 9.17) is 4.74 Å². The van der Waals surface area contributed by atoms with Crippen LogP contribution in [0.5, 0.6) is 5.88 Å². The third-order valence-electron chi connectivity index (χ3n) is 5.48. The van der Waals surface area contributed by atoms with Gasteiger partial charge >= 0.3 is 6.18 Å². The van der Waals surface area contributed by atoms with Crippen molar-refractivity contribution in [1.29, 1.82) is 0 Å². The van der Waals surface area contributed by atoms with Gasteiger partial charge in [0.25, 0.3) is 0 Å². The first-order valence-electron chi connectivity index (χ1n) is 9.58. The Morgan fingerprint density at radius 1 is 1.16 bits per heavy atom. The lowest BCUT2D eigenvalue weighted by atomic mass is 9.79. The van der Waals surface area contributed by atoms with Crippen molar-refractivity contribution in [2.45, 2.75) is 37.6 Å². The Kier molecular flexibility index (Phi) is 5.34. The van der Waals surface area contributed by atoms with Crippen molar-refractivity contribution >= 4 is 6.41 Å². The molecule has 0 unspecified atom stereocenters. The van der Waals surface area contributed by atoms with E-state index >= 15 is 0 Å². The number of para-hydroxylation sites is 1. The van der Waals surface area contributed by atoms with E-state index in [1.807, 2.05) is 31.2 Å². The normalized spacial score (nSPS) is 21.7. The molecule has 1 amide bonds. The van der Waals surface area contributed by atoms with Crippen molar-refractivity contribution in [2.24, 2.45) is 0 Å². The van der Waals surface area contributed by atoms with Crippen LogP contribution in [0, 0.1) is 0 Å². The van der Waals surface area contributed by atoms with E-state index in [2.05, 4.69) is 20.2 Å². The molecule has 0 bridgehead atoms. The Bertz CT molecular complexity index is 1040. The maximum absolute atomic E-state index is 12.8. The number of nitrogens with zero attached hydrogens (tertiary/aromatic N) is 6. The number of likely N-dealkylation sites (tertiary alicyclic amines) is 1. The van der Waals surface area contributed by atoms with Gasteiger partial charge in [0.05, 0.1) is 30.5 Å². The quantitative estimate of drug-likeness (QED) is 0.577. The predicted octanol–water partition coefficient (Wildman–Crippen LogP) is 2.99. The van der Waals surface area contributed by atoms with Crippen LogP contribution in [0.4, 0.5) is 13.2 Å². The molecule has 0 N–H and O–H groups in total. The number of alkyl halides is 3. The summed E-state index contributed by atoms with van der Waals surface area (Å²) in [4.78, 5) is 22.3. The minimum absolute atomic E-state index is 0.0494. The van der Waals surface area contributed by atoms with Crippen molar-refractivity contribution in [2.75, 3.05) is 6.54 Å². The zero-order valence-electron chi connectivity index (χ0n) is 16.5. The zero-order valence-corrected chi connectivity index (χ0v) is 16.5. The van der Waals surface area contributed by atoms with Gasteiger partial charge in [0.1, 0.15) is 11.6 Å². The number of halogens is 3. The van der Waals surface area contributed by atoms with E-state index in [-0.39, 0.29) is 5.88 Å². The van der Waals surface area contributed by atoms with Crippen LogP contribution in [-0.4, -0.2) is 48.9 Å². The molecule has 3 heterocycles. The summed E-state index contributed by atoms with van der Waals surface area (Å²) in [6.07, 6.45) is 1.47. The predicted molar refractivity (Wildman–Crippen MR) is 102 cm³/mol. The van der Waals surface area contributed by atoms with Gasteiger partial charge in [-0.2, -0.15) is 28.2 Å². The molecule has 2 aromatic heterocycles. The molecule has 0 spiro atoms. The molecule has 4 rings (SSSR count). The number of piperidine rings is 1. The lowest BCUT2D eigenvalue weighted by Gasteiger charge is -2.48. The average Bonchev–Trinajstić information content (AvgIpc) is 3.30. The van der Waals surface area contributed by atoms with Gasteiger partial charge in [-0.05, 0) is 25.8 Å². The summed E-state index contributed by atoms with van der Waals surface area (Å²) in [5, 5.41) is 8.39. The maximum atomic E-state index is 12.8. The molecule has 162 valence electrons. The van der Waals surface area contributed by atoms with E-state index in [0.29, 0.717) is 31.3 Å². The fourth-order valence-electron chi connectivity index (χ4n) is 3.89. The highest BCUT2D eigenvalue weighted by atomic mass is 19.4. The van der Waals surface area contributed by atoms with Gasteiger partial charge in [0.15, 0.2) is 5.69 Å². The van der Waals surface area contributed by atoms with Gasteiger partial charge < -0.3 is 9.64 Å². The Balaban J connectivity index is 1.74. The summed E-state index contributed by atoms with van der Waals surface area (Å²) in [6.45, 7) is 2.35. The van der Waals surface area contributed by atoms with Gasteiger partial charge in [0, 0.05) is 12.1 Å². The number of rotatable bonds is 5. The van der Waals surface area contributed by atoms with Gasteiger partial charge in [-0.1, -0.05) is 18.2 Å². The summed E-state index contributed by atoms with van der Waals surface area (Å²) >= 11 is 0. The first-order valence-corrected chi connectivity index (χ1v) is 9.58. The molecule has 3 aromatic rings. The highest BCUT2D eigenvalue weighted by molar-refractivity contribution is 5.55. The molecule has 0 saturated carbocycles. The Morgan fingerprint density at radius 3 is 2.55 bits per heavy atom. The monoisotopic (exact) mass is 432 g/mol.